The van der Waals surface area contributed by atoms with Gasteiger partial charge in [0.25, 0.3) is 0 Å². The molecule has 1 aromatic rings. The van der Waals surface area contributed by atoms with Gasteiger partial charge in [-0.05, 0) is 81.7 Å². The smallest absolute Gasteiger partial charge is 0.326 e. The van der Waals surface area contributed by atoms with E-state index >= 15 is 0 Å². The van der Waals surface area contributed by atoms with Crippen molar-refractivity contribution in [2.75, 3.05) is 32.8 Å². The average molecular weight is 988 g/mol. The van der Waals surface area contributed by atoms with Crippen LogP contribution in [0.2, 0.25) is 0 Å². The van der Waals surface area contributed by atoms with Crippen molar-refractivity contribution < 1.29 is 48.6 Å². The molecule has 0 bridgehead atoms. The maximum absolute atomic E-state index is 14.1. The summed E-state index contributed by atoms with van der Waals surface area (Å²) in [5.74, 6) is -7.60. The highest BCUT2D eigenvalue weighted by molar-refractivity contribution is 5.98. The molecule has 8 atom stereocenters. The molecule has 392 valence electrons. The molecular weight excluding hydrogens is 911 g/mol. The van der Waals surface area contributed by atoms with Crippen LogP contribution in [0.15, 0.2) is 40.3 Å². The van der Waals surface area contributed by atoms with Crippen molar-refractivity contribution in [1.82, 2.24) is 36.8 Å². The van der Waals surface area contributed by atoms with Crippen molar-refractivity contribution in [1.29, 1.82) is 0 Å². The van der Waals surface area contributed by atoms with E-state index in [1.54, 1.807) is 58.0 Å². The number of carbonyl (C=O) groups is 8. The molecule has 1 aromatic carbocycles. The highest BCUT2D eigenvalue weighted by Gasteiger charge is 2.40. The number of amides is 7. The summed E-state index contributed by atoms with van der Waals surface area (Å²) >= 11 is 0. The fourth-order valence-electron chi connectivity index (χ4n) is 7.47. The van der Waals surface area contributed by atoms with Crippen LogP contribution < -0.4 is 66.3 Å². The summed E-state index contributed by atoms with van der Waals surface area (Å²) in [6, 6.07) is -1.35. The first kappa shape index (κ1) is 59.5. The molecule has 0 aliphatic carbocycles. The first-order valence-corrected chi connectivity index (χ1v) is 23.7. The molecule has 0 aromatic heterocycles. The monoisotopic (exact) mass is 988 g/mol. The Morgan fingerprint density at radius 1 is 0.657 bits per heavy atom. The second-order valence-electron chi connectivity index (χ2n) is 17.9. The number of likely N-dealkylation sites (tertiary alicyclic amines) is 1. The van der Waals surface area contributed by atoms with Gasteiger partial charge in [-0.15, -0.1) is 0 Å². The zero-order valence-electron chi connectivity index (χ0n) is 40.7. The van der Waals surface area contributed by atoms with E-state index in [1.807, 2.05) is 0 Å². The van der Waals surface area contributed by atoms with E-state index in [-0.39, 0.29) is 82.5 Å². The van der Waals surface area contributed by atoms with Gasteiger partial charge in [0, 0.05) is 26.1 Å². The molecule has 2 rings (SSSR count). The number of unbranched alkanes of at least 4 members (excludes halogenated alkanes) is 1. The summed E-state index contributed by atoms with van der Waals surface area (Å²) in [5.41, 5.74) is 34.0. The number of carboxylic acids is 1. The quantitative estimate of drug-likeness (QED) is 0.0192. The Balaban J connectivity index is 2.29. The Hall–Kier alpha value is -6.60. The lowest BCUT2D eigenvalue weighted by atomic mass is 10.0. The van der Waals surface area contributed by atoms with Crippen LogP contribution in [0.1, 0.15) is 91.0 Å². The summed E-state index contributed by atoms with van der Waals surface area (Å²) < 4.78 is 0. The fraction of sp³-hybridized carbons (Fsp3) is 0.644. The summed E-state index contributed by atoms with van der Waals surface area (Å²) in [6.45, 7) is 6.68. The van der Waals surface area contributed by atoms with E-state index in [0.717, 1.165) is 0 Å². The molecule has 7 amide bonds. The Morgan fingerprint density at radius 3 is 1.71 bits per heavy atom. The fourth-order valence-corrected chi connectivity index (χ4v) is 7.47. The van der Waals surface area contributed by atoms with Crippen LogP contribution >= 0.6 is 0 Å². The second kappa shape index (κ2) is 30.8. The van der Waals surface area contributed by atoms with Gasteiger partial charge in [0.2, 0.25) is 41.4 Å². The molecule has 1 heterocycles. The van der Waals surface area contributed by atoms with Gasteiger partial charge in [-0.2, -0.15) is 0 Å². The van der Waals surface area contributed by atoms with Crippen LogP contribution in [0.25, 0.3) is 0 Å². The number of aliphatic carboxylic acids is 1. The Labute approximate surface area is 408 Å². The van der Waals surface area contributed by atoms with Gasteiger partial charge < -0.3 is 81.4 Å². The van der Waals surface area contributed by atoms with E-state index in [1.165, 1.54) is 4.90 Å². The van der Waals surface area contributed by atoms with Gasteiger partial charge in [0.05, 0.1) is 12.6 Å². The molecular formula is C45H77N15O10. The molecule has 1 aliphatic heterocycles. The lowest BCUT2D eigenvalue weighted by molar-refractivity contribution is -0.143. The third-order valence-electron chi connectivity index (χ3n) is 11.5. The molecule has 0 spiro atoms. The van der Waals surface area contributed by atoms with Crippen molar-refractivity contribution in [2.24, 2.45) is 56.2 Å². The number of benzene rings is 1. The zero-order chi connectivity index (χ0) is 52.5. The number of aliphatic imine (C=N–C) groups is 2. The van der Waals surface area contributed by atoms with Gasteiger partial charge >= 0.3 is 5.97 Å². The van der Waals surface area contributed by atoms with E-state index in [2.05, 4.69) is 41.9 Å². The second-order valence-corrected chi connectivity index (χ2v) is 17.9. The molecule has 1 saturated heterocycles. The van der Waals surface area contributed by atoms with Crippen LogP contribution in [0, 0.1) is 11.8 Å². The first-order valence-electron chi connectivity index (χ1n) is 23.7. The molecule has 20 N–H and O–H groups in total. The van der Waals surface area contributed by atoms with Crippen molar-refractivity contribution in [3.05, 3.63) is 35.9 Å². The predicted molar refractivity (Wildman–Crippen MR) is 262 cm³/mol. The van der Waals surface area contributed by atoms with Crippen LogP contribution in [0.4, 0.5) is 0 Å². The first-order chi connectivity index (χ1) is 33.1. The minimum atomic E-state index is -1.64. The van der Waals surface area contributed by atoms with E-state index in [4.69, 9.17) is 34.4 Å². The minimum absolute atomic E-state index is 0.0355. The number of hydrogen-bond acceptors (Lipinski definition) is 13. The summed E-state index contributed by atoms with van der Waals surface area (Å²) in [4.78, 5) is 118. The van der Waals surface area contributed by atoms with Gasteiger partial charge in [0.15, 0.2) is 11.9 Å². The number of aliphatic hydroxyl groups is 1. The third kappa shape index (κ3) is 20.6. The van der Waals surface area contributed by atoms with Crippen LogP contribution in [-0.2, 0) is 44.8 Å². The number of aliphatic hydroxyl groups excluding tert-OH is 1. The zero-order valence-corrected chi connectivity index (χ0v) is 40.7. The number of guanidine groups is 2. The van der Waals surface area contributed by atoms with Gasteiger partial charge in [0.1, 0.15) is 42.3 Å². The average Bonchev–Trinajstić information content (AvgIpc) is 3.81. The van der Waals surface area contributed by atoms with E-state index < -0.39 is 108 Å². The Kier molecular flexibility index (Phi) is 26.2. The number of hydrogen-bond donors (Lipinski definition) is 14. The summed E-state index contributed by atoms with van der Waals surface area (Å²) in [7, 11) is 0. The highest BCUT2D eigenvalue weighted by atomic mass is 16.4. The molecule has 8 unspecified atom stereocenters. The number of nitrogens with zero attached hydrogens (tertiary/aromatic N) is 3. The topological polar surface area (TPSA) is 433 Å². The Morgan fingerprint density at radius 2 is 1.17 bits per heavy atom. The van der Waals surface area contributed by atoms with Gasteiger partial charge in [-0.3, -0.25) is 43.5 Å². The standard InChI is InChI=1S/C45H77N15O10/c1-25(2)34(47)40(66)55-29(16-10-20-52-44(48)49)42(68)60-22-12-18-33(60)39(65)59-35(26(3)4)41(67)54-28(15-8-9-19-46)36(62)58-32(24-61)38(64)57-31(23-27-13-6-5-7-14-27)37(63)56-30(43(69)70)17-11-21-53-45(50)51/h5-7,13-14,25-26,28-35,61H,8-12,15-24,46-47H2,1-4H3,(H,54,67)(H,55,66)(H,56,63)(H,57,64)(H,58,62)(H,59,65)(H,69,70)(H4,48,49,52)(H4,50,51,53). The molecule has 70 heavy (non-hydrogen) atoms. The summed E-state index contributed by atoms with van der Waals surface area (Å²) in [5, 5.41) is 35.8. The number of carboxylic acid groups (broad SMARTS) is 1. The molecule has 1 fully saturated rings. The third-order valence-corrected chi connectivity index (χ3v) is 11.5. The van der Waals surface area contributed by atoms with Crippen molar-refractivity contribution in [3.8, 4) is 0 Å². The number of nitrogens with one attached hydrogen (secondary N) is 6. The van der Waals surface area contributed by atoms with Crippen molar-refractivity contribution in [3.63, 3.8) is 0 Å². The predicted octanol–water partition coefficient (Wildman–Crippen LogP) is -3.92. The molecule has 0 radical (unpaired) electrons. The van der Waals surface area contributed by atoms with Crippen molar-refractivity contribution >= 4 is 59.2 Å². The molecule has 0 saturated carbocycles. The maximum atomic E-state index is 14.1. The van der Waals surface area contributed by atoms with Crippen molar-refractivity contribution in [2.45, 2.75) is 140 Å². The number of nitrogens with two attached hydrogens (primary N) is 6. The maximum Gasteiger partial charge on any atom is 0.326 e. The van der Waals surface area contributed by atoms with Gasteiger partial charge in [-0.1, -0.05) is 58.0 Å². The largest absolute Gasteiger partial charge is 0.480 e. The molecule has 25 heteroatoms. The SMILES string of the molecule is CC(C)C(N)C(=O)NC(CCCN=C(N)N)C(=O)N1CCCC1C(=O)NC(C(=O)NC(CCCCN)C(=O)NC(CO)C(=O)NC(Cc1ccccc1)C(=O)NC(CCCN=C(N)N)C(=O)O)C(C)C. The lowest BCUT2D eigenvalue weighted by Crippen LogP contribution is -2.61. The normalized spacial score (nSPS) is 16.3. The minimum Gasteiger partial charge on any atom is -0.480 e. The molecule has 25 nitrogen and oxygen atoms in total. The van der Waals surface area contributed by atoms with Gasteiger partial charge in [-0.25, -0.2) is 4.79 Å². The number of rotatable bonds is 31. The molecule has 1 aliphatic rings. The van der Waals surface area contributed by atoms with Crippen LogP contribution in [-0.4, -0.2) is 155 Å². The lowest BCUT2D eigenvalue weighted by Gasteiger charge is -2.31. The van der Waals surface area contributed by atoms with E-state index in [9.17, 15) is 48.6 Å². The van der Waals surface area contributed by atoms with Crippen LogP contribution in [0.3, 0.4) is 0 Å². The van der Waals surface area contributed by atoms with E-state index in [0.29, 0.717) is 31.2 Å². The number of carbonyl (C=O) groups excluding carboxylic acids is 7. The Bertz CT molecular complexity index is 1950. The summed E-state index contributed by atoms with van der Waals surface area (Å²) in [6.07, 6.45) is 2.08. The van der Waals surface area contributed by atoms with Crippen LogP contribution in [0.5, 0.6) is 0 Å². The highest BCUT2D eigenvalue weighted by Crippen LogP contribution is 2.21.